The molecule has 4 heteroatoms. The summed E-state index contributed by atoms with van der Waals surface area (Å²) in [5.41, 5.74) is 4.66. The normalized spacial score (nSPS) is 14.0. The highest BCUT2D eigenvalue weighted by atomic mass is 16.5. The highest BCUT2D eigenvalue weighted by Crippen LogP contribution is 2.26. The van der Waals surface area contributed by atoms with E-state index in [0.717, 1.165) is 12.0 Å². The van der Waals surface area contributed by atoms with Gasteiger partial charge >= 0.3 is 6.03 Å². The largest absolute Gasteiger partial charge is 0.495 e. The van der Waals surface area contributed by atoms with Crippen LogP contribution < -0.4 is 15.4 Å². The minimum absolute atomic E-state index is 0.0457. The van der Waals surface area contributed by atoms with Gasteiger partial charge in [-0.1, -0.05) is 30.3 Å². The molecule has 0 aromatic heterocycles. The van der Waals surface area contributed by atoms with Gasteiger partial charge in [0.2, 0.25) is 0 Å². The molecule has 120 valence electrons. The predicted octanol–water partition coefficient (Wildman–Crippen LogP) is 4.07. The first kappa shape index (κ1) is 15.4. The van der Waals surface area contributed by atoms with Gasteiger partial charge in [0.1, 0.15) is 5.75 Å². The standard InChI is InChI=1S/C19H22N2O2/c1-13(15-11-10-14-6-5-7-16(14)12-15)20-19(22)21-17-8-3-4-9-18(17)23-2/h3-4,8-13H,5-7H2,1-2H3,(H2,20,21,22). The second-order valence-corrected chi connectivity index (χ2v) is 5.90. The van der Waals surface area contributed by atoms with Gasteiger partial charge in [-0.3, -0.25) is 0 Å². The fourth-order valence-electron chi connectivity index (χ4n) is 3.05. The molecule has 2 aromatic carbocycles. The third kappa shape index (κ3) is 3.47. The van der Waals surface area contributed by atoms with Crippen LogP contribution in [0.15, 0.2) is 42.5 Å². The summed E-state index contributed by atoms with van der Waals surface area (Å²) in [5, 5.41) is 5.82. The van der Waals surface area contributed by atoms with Gasteiger partial charge in [0, 0.05) is 0 Å². The first-order valence-corrected chi connectivity index (χ1v) is 7.99. The maximum atomic E-state index is 12.2. The van der Waals surface area contributed by atoms with Crippen LogP contribution in [-0.2, 0) is 12.8 Å². The number of para-hydroxylation sites is 2. The van der Waals surface area contributed by atoms with Crippen LogP contribution in [0.3, 0.4) is 0 Å². The number of fused-ring (bicyclic) bond motifs is 1. The van der Waals surface area contributed by atoms with Gasteiger partial charge in [0.15, 0.2) is 0 Å². The number of anilines is 1. The molecule has 0 bridgehead atoms. The van der Waals surface area contributed by atoms with E-state index in [-0.39, 0.29) is 12.1 Å². The predicted molar refractivity (Wildman–Crippen MR) is 92.0 cm³/mol. The molecule has 0 saturated carbocycles. The van der Waals surface area contributed by atoms with Crippen molar-refractivity contribution in [3.8, 4) is 5.75 Å². The van der Waals surface area contributed by atoms with Crippen molar-refractivity contribution in [2.45, 2.75) is 32.2 Å². The fraction of sp³-hybridized carbons (Fsp3) is 0.316. The molecule has 0 radical (unpaired) electrons. The van der Waals surface area contributed by atoms with Crippen molar-refractivity contribution in [1.29, 1.82) is 0 Å². The van der Waals surface area contributed by atoms with E-state index < -0.39 is 0 Å². The number of benzene rings is 2. The number of hydrogen-bond acceptors (Lipinski definition) is 2. The quantitative estimate of drug-likeness (QED) is 0.894. The molecule has 2 aromatic rings. The number of carbonyl (C=O) groups is 1. The molecule has 2 N–H and O–H groups in total. The van der Waals surface area contributed by atoms with Crippen molar-refractivity contribution in [3.63, 3.8) is 0 Å². The monoisotopic (exact) mass is 310 g/mol. The zero-order chi connectivity index (χ0) is 16.2. The average molecular weight is 310 g/mol. The topological polar surface area (TPSA) is 50.4 Å². The Labute approximate surface area is 136 Å². The van der Waals surface area contributed by atoms with Gasteiger partial charge in [-0.25, -0.2) is 4.79 Å². The summed E-state index contributed by atoms with van der Waals surface area (Å²) in [7, 11) is 1.59. The molecular formula is C19H22N2O2. The van der Waals surface area contributed by atoms with E-state index in [1.54, 1.807) is 7.11 Å². The lowest BCUT2D eigenvalue weighted by molar-refractivity contribution is 0.249. The third-order valence-electron chi connectivity index (χ3n) is 4.33. The molecule has 0 heterocycles. The van der Waals surface area contributed by atoms with E-state index in [9.17, 15) is 4.79 Å². The first-order valence-electron chi connectivity index (χ1n) is 7.99. The molecule has 3 rings (SSSR count). The lowest BCUT2D eigenvalue weighted by Crippen LogP contribution is -2.31. The summed E-state index contributed by atoms with van der Waals surface area (Å²) >= 11 is 0. The Bertz CT molecular complexity index is 712. The van der Waals surface area contributed by atoms with E-state index in [1.165, 1.54) is 24.0 Å². The van der Waals surface area contributed by atoms with Crippen LogP contribution in [0.25, 0.3) is 0 Å². The Kier molecular flexibility index (Phi) is 4.51. The molecule has 1 unspecified atom stereocenters. The first-order chi connectivity index (χ1) is 11.2. The molecule has 0 saturated heterocycles. The molecule has 1 atom stereocenters. The van der Waals surface area contributed by atoms with Gasteiger partial charge in [-0.2, -0.15) is 0 Å². The van der Waals surface area contributed by atoms with Crippen molar-refractivity contribution in [2.24, 2.45) is 0 Å². The van der Waals surface area contributed by atoms with Gasteiger partial charge in [-0.05, 0) is 55.0 Å². The second kappa shape index (κ2) is 6.73. The summed E-state index contributed by atoms with van der Waals surface area (Å²) in [6.07, 6.45) is 3.55. The maximum absolute atomic E-state index is 12.2. The number of aryl methyl sites for hydroxylation is 2. The van der Waals surface area contributed by atoms with E-state index in [0.29, 0.717) is 11.4 Å². The summed E-state index contributed by atoms with van der Waals surface area (Å²) in [4.78, 5) is 12.2. The number of hydrogen-bond donors (Lipinski definition) is 2. The van der Waals surface area contributed by atoms with Crippen molar-refractivity contribution in [2.75, 3.05) is 12.4 Å². The molecule has 0 aliphatic heterocycles. The zero-order valence-electron chi connectivity index (χ0n) is 13.6. The summed E-state index contributed by atoms with van der Waals surface area (Å²) in [5.74, 6) is 0.646. The Morgan fingerprint density at radius 3 is 2.74 bits per heavy atom. The third-order valence-corrected chi connectivity index (χ3v) is 4.33. The minimum atomic E-state index is -0.234. The van der Waals surface area contributed by atoms with E-state index in [1.807, 2.05) is 31.2 Å². The Balaban J connectivity index is 1.65. The van der Waals surface area contributed by atoms with Crippen LogP contribution in [0.5, 0.6) is 5.75 Å². The number of ether oxygens (including phenoxy) is 1. The molecule has 0 fully saturated rings. The van der Waals surface area contributed by atoms with E-state index in [2.05, 4.69) is 28.8 Å². The van der Waals surface area contributed by atoms with Crippen LogP contribution in [0, 0.1) is 0 Å². The van der Waals surface area contributed by atoms with Gasteiger partial charge < -0.3 is 15.4 Å². The number of amides is 2. The highest BCUT2D eigenvalue weighted by Gasteiger charge is 2.15. The van der Waals surface area contributed by atoms with Crippen molar-refractivity contribution in [1.82, 2.24) is 5.32 Å². The number of carbonyl (C=O) groups excluding carboxylic acids is 1. The summed E-state index contributed by atoms with van der Waals surface area (Å²) in [6.45, 7) is 2.00. The Morgan fingerprint density at radius 2 is 1.91 bits per heavy atom. The minimum Gasteiger partial charge on any atom is -0.495 e. The van der Waals surface area contributed by atoms with Crippen LogP contribution in [-0.4, -0.2) is 13.1 Å². The number of urea groups is 1. The fourth-order valence-corrected chi connectivity index (χ4v) is 3.05. The van der Waals surface area contributed by atoms with Gasteiger partial charge in [-0.15, -0.1) is 0 Å². The number of methoxy groups -OCH3 is 1. The lowest BCUT2D eigenvalue weighted by atomic mass is 10.0. The van der Waals surface area contributed by atoms with Crippen molar-refractivity contribution >= 4 is 11.7 Å². The second-order valence-electron chi connectivity index (χ2n) is 5.90. The average Bonchev–Trinajstić information content (AvgIpc) is 3.02. The number of nitrogens with one attached hydrogen (secondary N) is 2. The number of rotatable bonds is 4. The molecule has 1 aliphatic carbocycles. The van der Waals surface area contributed by atoms with Crippen LogP contribution in [0.2, 0.25) is 0 Å². The smallest absolute Gasteiger partial charge is 0.319 e. The summed E-state index contributed by atoms with van der Waals surface area (Å²) < 4.78 is 5.24. The summed E-state index contributed by atoms with van der Waals surface area (Å²) in [6, 6.07) is 13.6. The maximum Gasteiger partial charge on any atom is 0.319 e. The van der Waals surface area contributed by atoms with Crippen molar-refractivity contribution < 1.29 is 9.53 Å². The van der Waals surface area contributed by atoms with E-state index >= 15 is 0 Å². The van der Waals surface area contributed by atoms with Crippen molar-refractivity contribution in [3.05, 3.63) is 59.2 Å². The lowest BCUT2D eigenvalue weighted by Gasteiger charge is -2.17. The molecule has 2 amide bonds. The van der Waals surface area contributed by atoms with Gasteiger partial charge in [0.05, 0.1) is 18.8 Å². The Morgan fingerprint density at radius 1 is 1.13 bits per heavy atom. The molecule has 0 spiro atoms. The van der Waals surface area contributed by atoms with E-state index in [4.69, 9.17) is 4.74 Å². The Hall–Kier alpha value is -2.49. The molecule has 4 nitrogen and oxygen atoms in total. The molecule has 23 heavy (non-hydrogen) atoms. The van der Waals surface area contributed by atoms with Crippen LogP contribution >= 0.6 is 0 Å². The van der Waals surface area contributed by atoms with Gasteiger partial charge in [0.25, 0.3) is 0 Å². The molecule has 1 aliphatic rings. The highest BCUT2D eigenvalue weighted by molar-refractivity contribution is 5.91. The SMILES string of the molecule is COc1ccccc1NC(=O)NC(C)c1ccc2c(c1)CCC2. The van der Waals surface area contributed by atoms with Crippen LogP contribution in [0.4, 0.5) is 10.5 Å². The van der Waals surface area contributed by atoms with Crippen LogP contribution in [0.1, 0.15) is 36.1 Å². The zero-order valence-corrected chi connectivity index (χ0v) is 13.6. The molecular weight excluding hydrogens is 288 g/mol.